The molecule has 0 aliphatic rings. The van der Waals surface area contributed by atoms with Crippen LogP contribution in [0.2, 0.25) is 0 Å². The summed E-state index contributed by atoms with van der Waals surface area (Å²) in [6.45, 7) is 5.81. The maximum absolute atomic E-state index is 11.8. The molecule has 1 aromatic carbocycles. The molecule has 5 nitrogen and oxygen atoms in total. The van der Waals surface area contributed by atoms with E-state index in [0.29, 0.717) is 18.2 Å². The SMILES string of the molecule is CC(C)(C)OC(=O)Nc1ncccc1OCc1ccccc1. The van der Waals surface area contributed by atoms with Gasteiger partial charge >= 0.3 is 6.09 Å². The summed E-state index contributed by atoms with van der Waals surface area (Å²) in [7, 11) is 0. The van der Waals surface area contributed by atoms with Crippen molar-refractivity contribution in [2.45, 2.75) is 33.0 Å². The number of pyridine rings is 1. The van der Waals surface area contributed by atoms with Crippen LogP contribution in [0.5, 0.6) is 5.75 Å². The zero-order valence-electron chi connectivity index (χ0n) is 13.0. The number of benzene rings is 1. The van der Waals surface area contributed by atoms with Crippen LogP contribution in [0.15, 0.2) is 48.7 Å². The fourth-order valence-electron chi connectivity index (χ4n) is 1.74. The molecule has 5 heteroatoms. The number of nitrogens with zero attached hydrogens (tertiary/aromatic N) is 1. The lowest BCUT2D eigenvalue weighted by Crippen LogP contribution is -2.27. The molecule has 0 unspecified atom stereocenters. The molecule has 0 aliphatic carbocycles. The van der Waals surface area contributed by atoms with Crippen molar-refractivity contribution in [1.82, 2.24) is 4.98 Å². The third-order valence-corrected chi connectivity index (χ3v) is 2.63. The largest absolute Gasteiger partial charge is 0.485 e. The highest BCUT2D eigenvalue weighted by atomic mass is 16.6. The average Bonchev–Trinajstić information content (AvgIpc) is 2.45. The minimum atomic E-state index is -0.566. The van der Waals surface area contributed by atoms with Crippen molar-refractivity contribution in [2.75, 3.05) is 5.32 Å². The van der Waals surface area contributed by atoms with Gasteiger partial charge in [0.05, 0.1) is 0 Å². The van der Waals surface area contributed by atoms with Gasteiger partial charge < -0.3 is 9.47 Å². The first kappa shape index (κ1) is 15.8. The highest BCUT2D eigenvalue weighted by Gasteiger charge is 2.18. The fraction of sp³-hybridized carbons (Fsp3) is 0.294. The van der Waals surface area contributed by atoms with E-state index >= 15 is 0 Å². The van der Waals surface area contributed by atoms with E-state index in [-0.39, 0.29) is 0 Å². The predicted molar refractivity (Wildman–Crippen MR) is 84.9 cm³/mol. The summed E-state index contributed by atoms with van der Waals surface area (Å²) in [6.07, 6.45) is 1.03. The minimum Gasteiger partial charge on any atom is -0.485 e. The Morgan fingerprint density at radius 1 is 1.14 bits per heavy atom. The van der Waals surface area contributed by atoms with Crippen LogP contribution in [-0.2, 0) is 11.3 Å². The molecular formula is C17H20N2O3. The van der Waals surface area contributed by atoms with Gasteiger partial charge in [-0.3, -0.25) is 5.32 Å². The molecule has 0 bridgehead atoms. The first-order valence-corrected chi connectivity index (χ1v) is 7.06. The second kappa shape index (κ2) is 6.93. The maximum Gasteiger partial charge on any atom is 0.413 e. The van der Waals surface area contributed by atoms with Crippen LogP contribution in [0.3, 0.4) is 0 Å². The summed E-state index contributed by atoms with van der Waals surface area (Å²) in [4.78, 5) is 15.9. The van der Waals surface area contributed by atoms with Crippen LogP contribution in [-0.4, -0.2) is 16.7 Å². The Morgan fingerprint density at radius 2 is 1.86 bits per heavy atom. The van der Waals surface area contributed by atoms with Crippen LogP contribution in [0.1, 0.15) is 26.3 Å². The topological polar surface area (TPSA) is 60.5 Å². The van der Waals surface area contributed by atoms with Gasteiger partial charge in [0.2, 0.25) is 0 Å². The van der Waals surface area contributed by atoms with Gasteiger partial charge in [-0.1, -0.05) is 30.3 Å². The molecule has 116 valence electrons. The number of amides is 1. The van der Waals surface area contributed by atoms with Crippen molar-refractivity contribution >= 4 is 11.9 Å². The van der Waals surface area contributed by atoms with Gasteiger partial charge in [0.15, 0.2) is 11.6 Å². The van der Waals surface area contributed by atoms with Crippen LogP contribution < -0.4 is 10.1 Å². The van der Waals surface area contributed by atoms with E-state index in [1.807, 2.05) is 30.3 Å². The summed E-state index contributed by atoms with van der Waals surface area (Å²) in [5, 5.41) is 2.61. The van der Waals surface area contributed by atoms with Gasteiger partial charge in [-0.05, 0) is 38.5 Å². The van der Waals surface area contributed by atoms with Gasteiger partial charge in [-0.2, -0.15) is 0 Å². The highest BCUT2D eigenvalue weighted by Crippen LogP contribution is 2.22. The van der Waals surface area contributed by atoms with E-state index in [9.17, 15) is 4.79 Å². The Morgan fingerprint density at radius 3 is 2.55 bits per heavy atom. The molecule has 0 saturated heterocycles. The van der Waals surface area contributed by atoms with E-state index in [4.69, 9.17) is 9.47 Å². The molecule has 0 radical (unpaired) electrons. The molecule has 1 heterocycles. The van der Waals surface area contributed by atoms with Gasteiger partial charge in [0.1, 0.15) is 12.2 Å². The average molecular weight is 300 g/mol. The summed E-state index contributed by atoms with van der Waals surface area (Å²) in [5.41, 5.74) is 0.471. The molecule has 0 spiro atoms. The van der Waals surface area contributed by atoms with Crippen LogP contribution >= 0.6 is 0 Å². The normalized spacial score (nSPS) is 10.9. The maximum atomic E-state index is 11.8. The smallest absolute Gasteiger partial charge is 0.413 e. The lowest BCUT2D eigenvalue weighted by atomic mass is 10.2. The lowest BCUT2D eigenvalue weighted by Gasteiger charge is -2.20. The monoisotopic (exact) mass is 300 g/mol. The van der Waals surface area contributed by atoms with Gasteiger partial charge in [-0.25, -0.2) is 9.78 Å². The summed E-state index contributed by atoms with van der Waals surface area (Å²) in [6, 6.07) is 13.3. The number of hydrogen-bond donors (Lipinski definition) is 1. The van der Waals surface area contributed by atoms with Gasteiger partial charge in [-0.15, -0.1) is 0 Å². The molecule has 0 fully saturated rings. The summed E-state index contributed by atoms with van der Waals surface area (Å²) in [5.74, 6) is 0.838. The van der Waals surface area contributed by atoms with Crippen molar-refractivity contribution < 1.29 is 14.3 Å². The molecule has 0 atom stereocenters. The van der Waals surface area contributed by atoms with Crippen molar-refractivity contribution in [3.05, 3.63) is 54.2 Å². The number of carbonyl (C=O) groups excluding carboxylic acids is 1. The second-order valence-electron chi connectivity index (χ2n) is 5.75. The molecule has 2 aromatic rings. The summed E-state index contributed by atoms with van der Waals surface area (Å²) < 4.78 is 10.9. The van der Waals surface area contributed by atoms with Crippen molar-refractivity contribution in [2.24, 2.45) is 0 Å². The number of rotatable bonds is 4. The Kier molecular flexibility index (Phi) is 4.99. The Hall–Kier alpha value is -2.56. The number of carbonyl (C=O) groups is 1. The van der Waals surface area contributed by atoms with Crippen LogP contribution in [0.25, 0.3) is 0 Å². The first-order valence-electron chi connectivity index (χ1n) is 7.06. The lowest BCUT2D eigenvalue weighted by molar-refractivity contribution is 0.0634. The number of ether oxygens (including phenoxy) is 2. The molecule has 1 N–H and O–H groups in total. The fourth-order valence-corrected chi connectivity index (χ4v) is 1.74. The van der Waals surface area contributed by atoms with E-state index in [2.05, 4.69) is 10.3 Å². The standard InChI is InChI=1S/C17H20N2O3/c1-17(2,3)22-16(20)19-15-14(10-7-11-18-15)21-12-13-8-5-4-6-9-13/h4-11H,12H2,1-3H3,(H,18,19,20). The van der Waals surface area contributed by atoms with Gasteiger partial charge in [0, 0.05) is 6.20 Å². The van der Waals surface area contributed by atoms with Crippen LogP contribution in [0, 0.1) is 0 Å². The molecule has 2 rings (SSSR count). The van der Waals surface area contributed by atoms with E-state index < -0.39 is 11.7 Å². The second-order valence-corrected chi connectivity index (χ2v) is 5.75. The third-order valence-electron chi connectivity index (χ3n) is 2.63. The zero-order valence-corrected chi connectivity index (χ0v) is 13.0. The summed E-state index contributed by atoms with van der Waals surface area (Å²) >= 11 is 0. The molecule has 22 heavy (non-hydrogen) atoms. The number of hydrogen-bond acceptors (Lipinski definition) is 4. The number of nitrogens with one attached hydrogen (secondary N) is 1. The quantitative estimate of drug-likeness (QED) is 0.927. The Bertz CT molecular complexity index is 621. The zero-order chi connectivity index (χ0) is 16.0. The molecule has 1 aromatic heterocycles. The highest BCUT2D eigenvalue weighted by molar-refractivity contribution is 5.85. The number of anilines is 1. The molecular weight excluding hydrogens is 280 g/mol. The number of aromatic nitrogens is 1. The minimum absolute atomic E-state index is 0.340. The van der Waals surface area contributed by atoms with Gasteiger partial charge in [0.25, 0.3) is 0 Å². The first-order chi connectivity index (χ1) is 10.4. The molecule has 0 saturated carbocycles. The van der Waals surface area contributed by atoms with Crippen molar-refractivity contribution in [3.63, 3.8) is 0 Å². The van der Waals surface area contributed by atoms with E-state index in [1.165, 1.54) is 0 Å². The molecule has 1 amide bonds. The molecule has 0 aliphatic heterocycles. The van der Waals surface area contributed by atoms with Crippen molar-refractivity contribution in [3.8, 4) is 5.75 Å². The van der Waals surface area contributed by atoms with E-state index in [1.54, 1.807) is 39.1 Å². The Labute approximate surface area is 130 Å². The third kappa shape index (κ3) is 5.09. The van der Waals surface area contributed by atoms with E-state index in [0.717, 1.165) is 5.56 Å². The Balaban J connectivity index is 2.02. The predicted octanol–water partition coefficient (Wildman–Crippen LogP) is 4.01. The van der Waals surface area contributed by atoms with Crippen molar-refractivity contribution in [1.29, 1.82) is 0 Å². The van der Waals surface area contributed by atoms with Crippen LogP contribution in [0.4, 0.5) is 10.6 Å².